The van der Waals surface area contributed by atoms with Gasteiger partial charge in [-0.15, -0.1) is 0 Å². The fraction of sp³-hybridized carbons (Fsp3) is 0.600. The highest BCUT2D eigenvalue weighted by Gasteiger charge is 2.31. The van der Waals surface area contributed by atoms with E-state index in [1.54, 1.807) is 4.90 Å². The molecular weight excluding hydrogens is 362 g/mol. The Hall–Kier alpha value is -2.64. The first kappa shape index (κ1) is 21.7. The molecule has 0 saturated carbocycles. The van der Waals surface area contributed by atoms with E-state index in [0.29, 0.717) is 30.5 Å². The standard InChI is InChI=1S/C20H29N3O5/c1-6-16-12-17(23(25)26)13-21-18(16)27-10-8-15-7-9-22(14(2)11-15)19(24)28-20(3,4)5/h6,12-15H,1,7-11H2,2-5H3/t14-,15+/m1/s1. The zero-order chi connectivity index (χ0) is 20.9. The topological polar surface area (TPSA) is 94.8 Å². The smallest absolute Gasteiger partial charge is 0.410 e. The maximum absolute atomic E-state index is 12.3. The van der Waals surface area contributed by atoms with Gasteiger partial charge in [0.1, 0.15) is 11.8 Å². The number of carbonyl (C=O) groups is 1. The maximum atomic E-state index is 12.3. The summed E-state index contributed by atoms with van der Waals surface area (Å²) < 4.78 is 11.2. The average molecular weight is 391 g/mol. The van der Waals surface area contributed by atoms with Crippen molar-refractivity contribution in [3.8, 4) is 5.88 Å². The van der Waals surface area contributed by atoms with Gasteiger partial charge >= 0.3 is 6.09 Å². The normalized spacial score (nSPS) is 19.8. The van der Waals surface area contributed by atoms with E-state index in [0.717, 1.165) is 19.3 Å². The Kier molecular flexibility index (Phi) is 6.99. The molecule has 1 amide bonds. The fourth-order valence-electron chi connectivity index (χ4n) is 3.27. The molecule has 2 heterocycles. The Morgan fingerprint density at radius 3 is 2.79 bits per heavy atom. The van der Waals surface area contributed by atoms with Gasteiger partial charge in [0.15, 0.2) is 0 Å². The van der Waals surface area contributed by atoms with E-state index in [1.807, 2.05) is 27.7 Å². The number of carbonyl (C=O) groups excluding carboxylic acids is 1. The fourth-order valence-corrected chi connectivity index (χ4v) is 3.27. The van der Waals surface area contributed by atoms with Gasteiger partial charge in [-0.1, -0.05) is 12.7 Å². The molecule has 2 atom stereocenters. The van der Waals surface area contributed by atoms with Crippen LogP contribution in [0.1, 0.15) is 52.5 Å². The number of aromatic nitrogens is 1. The van der Waals surface area contributed by atoms with Crippen molar-refractivity contribution in [2.75, 3.05) is 13.2 Å². The van der Waals surface area contributed by atoms with Gasteiger partial charge in [-0.3, -0.25) is 10.1 Å². The molecule has 0 aromatic carbocycles. The summed E-state index contributed by atoms with van der Waals surface area (Å²) in [6.45, 7) is 12.4. The van der Waals surface area contributed by atoms with Crippen LogP contribution in [-0.2, 0) is 4.74 Å². The summed E-state index contributed by atoms with van der Waals surface area (Å²) in [5, 5.41) is 10.8. The molecule has 8 nitrogen and oxygen atoms in total. The summed E-state index contributed by atoms with van der Waals surface area (Å²) in [5.41, 5.74) is -0.0878. The van der Waals surface area contributed by atoms with E-state index in [-0.39, 0.29) is 17.8 Å². The van der Waals surface area contributed by atoms with E-state index in [1.165, 1.54) is 18.3 Å². The molecule has 0 aliphatic carbocycles. The van der Waals surface area contributed by atoms with Gasteiger partial charge in [0.25, 0.3) is 5.69 Å². The molecule has 8 heteroatoms. The molecule has 0 radical (unpaired) electrons. The summed E-state index contributed by atoms with van der Waals surface area (Å²) in [5.74, 6) is 0.777. The maximum Gasteiger partial charge on any atom is 0.410 e. The minimum atomic E-state index is -0.498. The van der Waals surface area contributed by atoms with E-state index in [9.17, 15) is 14.9 Å². The van der Waals surface area contributed by atoms with Crippen molar-refractivity contribution in [3.63, 3.8) is 0 Å². The number of pyridine rings is 1. The highest BCUT2D eigenvalue weighted by molar-refractivity contribution is 5.68. The molecule has 1 aliphatic heterocycles. The third-order valence-corrected chi connectivity index (χ3v) is 4.67. The molecule has 0 bridgehead atoms. The Balaban J connectivity index is 1.85. The summed E-state index contributed by atoms with van der Waals surface area (Å²) in [6, 6.07) is 1.51. The molecule has 1 aromatic heterocycles. The average Bonchev–Trinajstić information content (AvgIpc) is 2.60. The van der Waals surface area contributed by atoms with E-state index < -0.39 is 10.5 Å². The molecule has 154 valence electrons. The third-order valence-electron chi connectivity index (χ3n) is 4.67. The Morgan fingerprint density at radius 2 is 2.21 bits per heavy atom. The number of hydrogen-bond acceptors (Lipinski definition) is 6. The van der Waals surface area contributed by atoms with Gasteiger partial charge in [-0.25, -0.2) is 9.78 Å². The number of hydrogen-bond donors (Lipinski definition) is 0. The molecule has 1 aliphatic rings. The van der Waals surface area contributed by atoms with Crippen molar-refractivity contribution < 1.29 is 19.2 Å². The first-order valence-corrected chi connectivity index (χ1v) is 9.50. The van der Waals surface area contributed by atoms with Gasteiger partial charge in [-0.2, -0.15) is 0 Å². The lowest BCUT2D eigenvalue weighted by Crippen LogP contribution is -2.46. The lowest BCUT2D eigenvalue weighted by atomic mass is 9.89. The van der Waals surface area contributed by atoms with Crippen LogP contribution in [-0.4, -0.2) is 45.7 Å². The van der Waals surface area contributed by atoms with Gasteiger partial charge < -0.3 is 14.4 Å². The highest BCUT2D eigenvalue weighted by atomic mass is 16.6. The number of rotatable bonds is 6. The van der Waals surface area contributed by atoms with Crippen LogP contribution >= 0.6 is 0 Å². The zero-order valence-electron chi connectivity index (χ0n) is 17.0. The molecular formula is C20H29N3O5. The van der Waals surface area contributed by atoms with E-state index >= 15 is 0 Å². The summed E-state index contributed by atoms with van der Waals surface area (Å²) in [6.07, 6.45) is 5.00. The number of ether oxygens (including phenoxy) is 2. The SMILES string of the molecule is C=Cc1cc([N+](=O)[O-])cnc1OCC[C@@H]1CCN(C(=O)OC(C)(C)C)[C@H](C)C1. The molecule has 1 fully saturated rings. The van der Waals surface area contributed by atoms with Crippen LogP contribution in [0, 0.1) is 16.0 Å². The summed E-state index contributed by atoms with van der Waals surface area (Å²) >= 11 is 0. The largest absolute Gasteiger partial charge is 0.477 e. The predicted octanol–water partition coefficient (Wildman–Crippen LogP) is 4.44. The second kappa shape index (κ2) is 9.03. The second-order valence-corrected chi connectivity index (χ2v) is 8.10. The zero-order valence-corrected chi connectivity index (χ0v) is 17.0. The first-order valence-electron chi connectivity index (χ1n) is 9.50. The van der Waals surface area contributed by atoms with Crippen LogP contribution in [0.15, 0.2) is 18.8 Å². The van der Waals surface area contributed by atoms with Gasteiger partial charge in [0, 0.05) is 24.2 Å². The monoisotopic (exact) mass is 391 g/mol. The Morgan fingerprint density at radius 1 is 1.50 bits per heavy atom. The second-order valence-electron chi connectivity index (χ2n) is 8.10. The minimum absolute atomic E-state index is 0.0920. The lowest BCUT2D eigenvalue weighted by Gasteiger charge is -2.38. The summed E-state index contributed by atoms with van der Waals surface area (Å²) in [7, 11) is 0. The third kappa shape index (κ3) is 5.94. The number of nitro groups is 1. The lowest BCUT2D eigenvalue weighted by molar-refractivity contribution is -0.385. The van der Waals surface area contributed by atoms with E-state index in [2.05, 4.69) is 11.6 Å². The van der Waals surface area contributed by atoms with Crippen LogP contribution < -0.4 is 4.74 Å². The molecule has 0 spiro atoms. The van der Waals surface area contributed by atoms with Crippen molar-refractivity contribution in [3.05, 3.63) is 34.5 Å². The van der Waals surface area contributed by atoms with Gasteiger partial charge in [-0.05, 0) is 52.9 Å². The molecule has 2 rings (SSSR count). The minimum Gasteiger partial charge on any atom is -0.477 e. The van der Waals surface area contributed by atoms with Crippen molar-refractivity contribution in [2.24, 2.45) is 5.92 Å². The highest BCUT2D eigenvalue weighted by Crippen LogP contribution is 2.28. The molecule has 1 saturated heterocycles. The van der Waals surface area contributed by atoms with Crippen molar-refractivity contribution in [1.29, 1.82) is 0 Å². The van der Waals surface area contributed by atoms with E-state index in [4.69, 9.17) is 9.47 Å². The van der Waals surface area contributed by atoms with Gasteiger partial charge in [0.05, 0.1) is 11.5 Å². The number of nitrogens with zero attached hydrogens (tertiary/aromatic N) is 3. The number of amides is 1. The first-order chi connectivity index (χ1) is 13.1. The molecule has 0 unspecified atom stereocenters. The van der Waals surface area contributed by atoms with Crippen LogP contribution in [0.3, 0.4) is 0 Å². The van der Waals surface area contributed by atoms with Crippen LogP contribution in [0.5, 0.6) is 5.88 Å². The van der Waals surface area contributed by atoms with Crippen LogP contribution in [0.25, 0.3) is 6.08 Å². The van der Waals surface area contributed by atoms with Gasteiger partial charge in [0.2, 0.25) is 5.88 Å². The molecule has 0 N–H and O–H groups in total. The predicted molar refractivity (Wildman–Crippen MR) is 106 cm³/mol. The van der Waals surface area contributed by atoms with Crippen LogP contribution in [0.4, 0.5) is 10.5 Å². The quantitative estimate of drug-likeness (QED) is 0.526. The van der Waals surface area contributed by atoms with Crippen molar-refractivity contribution in [1.82, 2.24) is 9.88 Å². The van der Waals surface area contributed by atoms with Crippen molar-refractivity contribution in [2.45, 2.75) is 58.6 Å². The number of piperidine rings is 1. The Bertz CT molecular complexity index is 729. The van der Waals surface area contributed by atoms with Crippen molar-refractivity contribution >= 4 is 17.9 Å². The molecule has 28 heavy (non-hydrogen) atoms. The van der Waals surface area contributed by atoms with Crippen LogP contribution in [0.2, 0.25) is 0 Å². The number of likely N-dealkylation sites (tertiary alicyclic amines) is 1. The Labute approximate surface area is 165 Å². The summed E-state index contributed by atoms with van der Waals surface area (Å²) in [4.78, 5) is 28.5. The molecule has 1 aromatic rings.